The average molecular weight is 442 g/mol. The van der Waals surface area contributed by atoms with Gasteiger partial charge < -0.3 is 10.1 Å². The Labute approximate surface area is 174 Å². The van der Waals surface area contributed by atoms with Crippen LogP contribution in [-0.2, 0) is 6.61 Å². The number of urea groups is 1. The van der Waals surface area contributed by atoms with Crippen molar-refractivity contribution in [2.24, 2.45) is 0 Å². The minimum absolute atomic E-state index is 0.0303. The molecular weight excluding hydrogens is 418 g/mol. The summed E-state index contributed by atoms with van der Waals surface area (Å²) in [5.74, 6) is 1.31. The first kappa shape index (κ1) is 20.1. The SMILES string of the molecule is Cc1nc(NC(=O)NC2C=CC(Br)=CC2)c(C)c(C)c1OCc1ccccc1. The second kappa shape index (κ2) is 9.06. The Hall–Kier alpha value is -2.60. The summed E-state index contributed by atoms with van der Waals surface area (Å²) in [5, 5.41) is 5.81. The largest absolute Gasteiger partial charge is 0.487 e. The average Bonchev–Trinajstić information content (AvgIpc) is 2.68. The molecular formula is C22H24BrN3O2. The Morgan fingerprint density at radius 3 is 2.64 bits per heavy atom. The Bertz CT molecular complexity index is 923. The number of aryl methyl sites for hydroxylation is 1. The van der Waals surface area contributed by atoms with E-state index in [-0.39, 0.29) is 12.1 Å². The van der Waals surface area contributed by atoms with Gasteiger partial charge in [-0.25, -0.2) is 9.78 Å². The smallest absolute Gasteiger partial charge is 0.320 e. The van der Waals surface area contributed by atoms with Gasteiger partial charge in [-0.1, -0.05) is 64.5 Å². The van der Waals surface area contributed by atoms with Crippen LogP contribution in [0.3, 0.4) is 0 Å². The van der Waals surface area contributed by atoms with E-state index in [4.69, 9.17) is 4.74 Å². The van der Waals surface area contributed by atoms with Gasteiger partial charge in [0, 0.05) is 4.48 Å². The number of nitrogens with zero attached hydrogens (tertiary/aromatic N) is 1. The number of allylic oxidation sites excluding steroid dienone is 2. The summed E-state index contributed by atoms with van der Waals surface area (Å²) < 4.78 is 7.04. The van der Waals surface area contributed by atoms with Gasteiger partial charge in [-0.2, -0.15) is 0 Å². The summed E-state index contributed by atoms with van der Waals surface area (Å²) in [5.41, 5.74) is 3.72. The number of carbonyl (C=O) groups excluding carboxylic acids is 1. The number of hydrogen-bond acceptors (Lipinski definition) is 3. The highest BCUT2D eigenvalue weighted by atomic mass is 79.9. The molecule has 0 radical (unpaired) electrons. The number of anilines is 1. The van der Waals surface area contributed by atoms with E-state index in [9.17, 15) is 4.79 Å². The molecule has 1 aliphatic carbocycles. The molecule has 5 nitrogen and oxygen atoms in total. The number of nitrogens with one attached hydrogen (secondary N) is 2. The first-order chi connectivity index (χ1) is 13.4. The van der Waals surface area contributed by atoms with Gasteiger partial charge in [-0.15, -0.1) is 0 Å². The van der Waals surface area contributed by atoms with Gasteiger partial charge in [0.1, 0.15) is 18.2 Å². The van der Waals surface area contributed by atoms with Crippen molar-refractivity contribution in [2.45, 2.75) is 39.8 Å². The van der Waals surface area contributed by atoms with Gasteiger partial charge >= 0.3 is 6.03 Å². The number of rotatable bonds is 5. The van der Waals surface area contributed by atoms with Crippen molar-refractivity contribution in [1.82, 2.24) is 10.3 Å². The molecule has 2 aromatic rings. The minimum atomic E-state index is -0.270. The topological polar surface area (TPSA) is 63.2 Å². The molecule has 28 heavy (non-hydrogen) atoms. The van der Waals surface area contributed by atoms with E-state index in [2.05, 4.69) is 31.5 Å². The quantitative estimate of drug-likeness (QED) is 0.659. The Kier molecular flexibility index (Phi) is 6.52. The molecule has 1 aromatic carbocycles. The first-order valence-corrected chi connectivity index (χ1v) is 9.99. The summed E-state index contributed by atoms with van der Waals surface area (Å²) in [4.78, 5) is 16.9. The summed E-state index contributed by atoms with van der Waals surface area (Å²) >= 11 is 3.42. The number of aromatic nitrogens is 1. The van der Waals surface area contributed by atoms with E-state index >= 15 is 0 Å². The van der Waals surface area contributed by atoms with Crippen LogP contribution >= 0.6 is 15.9 Å². The van der Waals surface area contributed by atoms with Crippen molar-refractivity contribution < 1.29 is 9.53 Å². The van der Waals surface area contributed by atoms with Crippen molar-refractivity contribution in [3.8, 4) is 5.75 Å². The molecule has 1 aromatic heterocycles. The lowest BCUT2D eigenvalue weighted by Gasteiger charge is -2.19. The fourth-order valence-corrected chi connectivity index (χ4v) is 3.34. The van der Waals surface area contributed by atoms with E-state index in [1.54, 1.807) is 0 Å². The number of halogens is 1. The third-order valence-electron chi connectivity index (χ3n) is 4.70. The minimum Gasteiger partial charge on any atom is -0.487 e. The van der Waals surface area contributed by atoms with Gasteiger partial charge in [0.15, 0.2) is 0 Å². The molecule has 3 rings (SSSR count). The standard InChI is InChI=1S/C22H24BrN3O2/c1-14-15(2)21(26-22(27)25-19-11-9-18(23)10-12-19)24-16(3)20(14)28-13-17-7-5-4-6-8-17/h4-11,19H,12-13H2,1-3H3,(H2,24,25,26,27). The maximum atomic E-state index is 12.4. The summed E-state index contributed by atoms with van der Waals surface area (Å²) in [6, 6.07) is 9.71. The van der Waals surface area contributed by atoms with Crippen molar-refractivity contribution in [3.05, 3.63) is 75.4 Å². The zero-order chi connectivity index (χ0) is 20.1. The van der Waals surface area contributed by atoms with Gasteiger partial charge in [0.2, 0.25) is 0 Å². The predicted molar refractivity (Wildman–Crippen MR) is 116 cm³/mol. The lowest BCUT2D eigenvalue weighted by Crippen LogP contribution is -2.37. The van der Waals surface area contributed by atoms with Crippen LogP contribution < -0.4 is 15.4 Å². The highest BCUT2D eigenvalue weighted by Crippen LogP contribution is 2.29. The third kappa shape index (κ3) is 5.01. The molecule has 1 heterocycles. The Morgan fingerprint density at radius 2 is 1.96 bits per heavy atom. The number of amides is 2. The summed E-state index contributed by atoms with van der Waals surface area (Å²) in [6.45, 7) is 6.29. The Morgan fingerprint density at radius 1 is 1.21 bits per heavy atom. The molecule has 146 valence electrons. The van der Waals surface area contributed by atoms with Gasteiger partial charge in [-0.3, -0.25) is 5.32 Å². The van der Waals surface area contributed by atoms with Crippen molar-refractivity contribution in [3.63, 3.8) is 0 Å². The maximum absolute atomic E-state index is 12.4. The molecule has 1 atom stereocenters. The number of benzene rings is 1. The first-order valence-electron chi connectivity index (χ1n) is 9.20. The Balaban J connectivity index is 1.67. The summed E-state index contributed by atoms with van der Waals surface area (Å²) in [7, 11) is 0. The normalized spacial score (nSPS) is 15.7. The number of ether oxygens (including phenoxy) is 1. The van der Waals surface area contributed by atoms with E-state index < -0.39 is 0 Å². The van der Waals surface area contributed by atoms with Gasteiger partial charge in [-0.05, 0) is 43.9 Å². The molecule has 0 bridgehead atoms. The lowest BCUT2D eigenvalue weighted by molar-refractivity contribution is 0.250. The van der Waals surface area contributed by atoms with Crippen LogP contribution in [0.1, 0.15) is 28.8 Å². The fourth-order valence-electron chi connectivity index (χ4n) is 3.00. The molecule has 2 amide bonds. The molecule has 0 saturated carbocycles. The van der Waals surface area contributed by atoms with Crippen LogP contribution in [0.5, 0.6) is 5.75 Å². The molecule has 0 saturated heterocycles. The lowest BCUT2D eigenvalue weighted by atomic mass is 10.1. The second-order valence-electron chi connectivity index (χ2n) is 6.79. The van der Waals surface area contributed by atoms with Crippen molar-refractivity contribution >= 4 is 27.8 Å². The highest BCUT2D eigenvalue weighted by molar-refractivity contribution is 9.11. The van der Waals surface area contributed by atoms with Crippen molar-refractivity contribution in [1.29, 1.82) is 0 Å². The van der Waals surface area contributed by atoms with Crippen LogP contribution in [0.15, 0.2) is 53.0 Å². The zero-order valence-corrected chi connectivity index (χ0v) is 17.8. The van der Waals surface area contributed by atoms with Crippen LogP contribution in [0.2, 0.25) is 0 Å². The zero-order valence-electron chi connectivity index (χ0n) is 16.3. The van der Waals surface area contributed by atoms with Crippen molar-refractivity contribution in [2.75, 3.05) is 5.32 Å². The van der Waals surface area contributed by atoms with E-state index in [1.807, 2.05) is 69.3 Å². The predicted octanol–water partition coefficient (Wildman–Crippen LogP) is 5.31. The molecule has 0 aliphatic heterocycles. The summed E-state index contributed by atoms with van der Waals surface area (Å²) in [6.07, 6.45) is 6.68. The number of carbonyl (C=O) groups is 1. The fraction of sp³-hybridized carbons (Fsp3) is 0.273. The molecule has 1 unspecified atom stereocenters. The van der Waals surface area contributed by atoms with Crippen LogP contribution in [0.4, 0.5) is 10.6 Å². The molecule has 1 aliphatic rings. The molecule has 2 N–H and O–H groups in total. The van der Waals surface area contributed by atoms with Crippen LogP contribution in [-0.4, -0.2) is 17.1 Å². The molecule has 0 fully saturated rings. The van der Waals surface area contributed by atoms with E-state index in [0.717, 1.165) is 39.0 Å². The number of hydrogen-bond donors (Lipinski definition) is 2. The van der Waals surface area contributed by atoms with Gasteiger partial charge in [0.25, 0.3) is 0 Å². The van der Waals surface area contributed by atoms with E-state index in [0.29, 0.717) is 12.4 Å². The highest BCUT2D eigenvalue weighted by Gasteiger charge is 2.17. The monoisotopic (exact) mass is 441 g/mol. The maximum Gasteiger partial charge on any atom is 0.320 e. The molecule has 6 heteroatoms. The number of pyridine rings is 1. The van der Waals surface area contributed by atoms with Gasteiger partial charge in [0.05, 0.1) is 11.7 Å². The van der Waals surface area contributed by atoms with Crippen LogP contribution in [0.25, 0.3) is 0 Å². The van der Waals surface area contributed by atoms with E-state index in [1.165, 1.54) is 0 Å². The van der Waals surface area contributed by atoms with Crippen LogP contribution in [0, 0.1) is 20.8 Å². The molecule has 0 spiro atoms. The second-order valence-corrected chi connectivity index (χ2v) is 7.70. The third-order valence-corrected chi connectivity index (χ3v) is 5.28.